The average Bonchev–Trinajstić information content (AvgIpc) is 2.71. The third-order valence-corrected chi connectivity index (χ3v) is 7.77. The van der Waals surface area contributed by atoms with Gasteiger partial charge in [-0.2, -0.15) is 0 Å². The highest BCUT2D eigenvalue weighted by atomic mass is 16.5. The van der Waals surface area contributed by atoms with E-state index in [1.165, 1.54) is 49.0 Å². The molecule has 4 aliphatic carbocycles. The molecule has 4 bridgehead atoms. The summed E-state index contributed by atoms with van der Waals surface area (Å²) >= 11 is 0. The number of hydrogen-bond acceptors (Lipinski definition) is 3. The van der Waals surface area contributed by atoms with Gasteiger partial charge in [0, 0.05) is 26.2 Å². The first kappa shape index (κ1) is 18.8. The van der Waals surface area contributed by atoms with Crippen LogP contribution in [0.15, 0.2) is 24.3 Å². The molecule has 2 amide bonds. The molecule has 4 saturated carbocycles. The lowest BCUT2D eigenvalue weighted by Gasteiger charge is -2.57. The van der Waals surface area contributed by atoms with Crippen LogP contribution in [0.3, 0.4) is 0 Å². The smallest absolute Gasteiger partial charge is 0.407 e. The molecule has 1 saturated heterocycles. The van der Waals surface area contributed by atoms with Crippen molar-refractivity contribution >= 4 is 12.0 Å². The number of carboxylic acid groups (broad SMARTS) is 1. The lowest BCUT2D eigenvalue weighted by molar-refractivity contribution is -0.134. The second-order valence-electron chi connectivity index (χ2n) is 9.66. The largest absolute Gasteiger partial charge is 0.484 e. The average molecular weight is 399 g/mol. The number of hydrogen-bond donors (Lipinski definition) is 1. The highest BCUT2D eigenvalue weighted by Gasteiger charge is 2.51. The highest BCUT2D eigenvalue weighted by molar-refractivity contribution is 5.78. The summed E-state index contributed by atoms with van der Waals surface area (Å²) in [7, 11) is 0. The molecule has 1 aliphatic heterocycles. The molecule has 29 heavy (non-hydrogen) atoms. The third-order valence-electron chi connectivity index (χ3n) is 7.77. The molecule has 0 spiro atoms. The van der Waals surface area contributed by atoms with Gasteiger partial charge in [-0.15, -0.1) is 0 Å². The SMILES string of the molecule is O=C(O)N1CCN(C(=O)COc2ccc(C34CC5CC(CC(C5)C3)C4)cc2)CC1. The fraction of sp³-hybridized carbons (Fsp3) is 0.652. The summed E-state index contributed by atoms with van der Waals surface area (Å²) in [4.78, 5) is 26.4. The topological polar surface area (TPSA) is 70.1 Å². The third kappa shape index (κ3) is 3.58. The van der Waals surface area contributed by atoms with Crippen LogP contribution in [-0.2, 0) is 10.2 Å². The van der Waals surface area contributed by atoms with Gasteiger partial charge in [0.2, 0.25) is 0 Å². The summed E-state index contributed by atoms with van der Waals surface area (Å²) < 4.78 is 5.75. The first-order valence-corrected chi connectivity index (χ1v) is 11.0. The van der Waals surface area contributed by atoms with Crippen molar-refractivity contribution in [2.75, 3.05) is 32.8 Å². The van der Waals surface area contributed by atoms with E-state index in [1.54, 1.807) is 4.90 Å². The monoisotopic (exact) mass is 398 g/mol. The van der Waals surface area contributed by atoms with E-state index in [0.717, 1.165) is 23.5 Å². The van der Waals surface area contributed by atoms with Gasteiger partial charge in [0.15, 0.2) is 6.61 Å². The van der Waals surface area contributed by atoms with Crippen molar-refractivity contribution in [1.82, 2.24) is 9.80 Å². The van der Waals surface area contributed by atoms with Crippen molar-refractivity contribution in [3.05, 3.63) is 29.8 Å². The van der Waals surface area contributed by atoms with Gasteiger partial charge in [-0.1, -0.05) is 12.1 Å². The van der Waals surface area contributed by atoms with Crippen molar-refractivity contribution in [2.24, 2.45) is 17.8 Å². The maximum Gasteiger partial charge on any atom is 0.407 e. The number of nitrogens with zero attached hydrogens (tertiary/aromatic N) is 2. The van der Waals surface area contributed by atoms with E-state index in [2.05, 4.69) is 12.1 Å². The molecular formula is C23H30N2O4. The summed E-state index contributed by atoms with van der Waals surface area (Å²) in [6, 6.07) is 8.48. The zero-order valence-electron chi connectivity index (χ0n) is 16.9. The van der Waals surface area contributed by atoms with Crippen LogP contribution in [-0.4, -0.2) is 59.7 Å². The molecule has 1 aromatic carbocycles. The molecular weight excluding hydrogens is 368 g/mol. The van der Waals surface area contributed by atoms with Gasteiger partial charge in [-0.3, -0.25) is 4.79 Å². The van der Waals surface area contributed by atoms with Crippen molar-refractivity contribution in [3.8, 4) is 5.75 Å². The number of amides is 2. The first-order chi connectivity index (χ1) is 14.0. The van der Waals surface area contributed by atoms with Crippen LogP contribution in [0.4, 0.5) is 4.79 Å². The zero-order chi connectivity index (χ0) is 20.0. The molecule has 6 rings (SSSR count). The molecule has 6 heteroatoms. The maximum atomic E-state index is 12.4. The minimum Gasteiger partial charge on any atom is -0.484 e. The molecule has 5 fully saturated rings. The zero-order valence-corrected chi connectivity index (χ0v) is 16.9. The van der Waals surface area contributed by atoms with Crippen LogP contribution in [0.5, 0.6) is 5.75 Å². The van der Waals surface area contributed by atoms with Gasteiger partial charge >= 0.3 is 6.09 Å². The van der Waals surface area contributed by atoms with E-state index < -0.39 is 6.09 Å². The van der Waals surface area contributed by atoms with Crippen molar-refractivity contribution < 1.29 is 19.4 Å². The lowest BCUT2D eigenvalue weighted by Crippen LogP contribution is -2.51. The van der Waals surface area contributed by atoms with E-state index in [4.69, 9.17) is 9.84 Å². The number of benzene rings is 1. The van der Waals surface area contributed by atoms with E-state index in [9.17, 15) is 9.59 Å². The molecule has 156 valence electrons. The molecule has 1 heterocycles. The Kier molecular flexibility index (Phi) is 4.67. The van der Waals surface area contributed by atoms with Crippen LogP contribution in [0.2, 0.25) is 0 Å². The predicted molar refractivity (Wildman–Crippen MR) is 108 cm³/mol. The Balaban J connectivity index is 1.17. The fourth-order valence-corrected chi connectivity index (χ4v) is 6.75. The molecule has 1 N–H and O–H groups in total. The lowest BCUT2D eigenvalue weighted by atomic mass is 9.48. The molecule has 6 nitrogen and oxygen atoms in total. The highest BCUT2D eigenvalue weighted by Crippen LogP contribution is 2.60. The molecule has 0 unspecified atom stereocenters. The maximum absolute atomic E-state index is 12.4. The Labute approximate surface area is 171 Å². The molecule has 0 radical (unpaired) electrons. The van der Waals surface area contributed by atoms with Gasteiger partial charge < -0.3 is 19.6 Å². The standard InChI is InChI=1S/C23H30N2O4/c26-21(24-5-7-25(8-6-24)22(27)28)15-29-20-3-1-19(2-4-20)23-12-16-9-17(13-23)11-18(10-16)14-23/h1-4,16-18H,5-15H2,(H,27,28). The van der Waals surface area contributed by atoms with Crippen molar-refractivity contribution in [3.63, 3.8) is 0 Å². The normalized spacial score (nSPS) is 33.0. The van der Waals surface area contributed by atoms with Gasteiger partial charge in [0.05, 0.1) is 0 Å². The summed E-state index contributed by atoms with van der Waals surface area (Å²) in [5, 5.41) is 9.00. The Morgan fingerprint density at radius 3 is 1.93 bits per heavy atom. The van der Waals surface area contributed by atoms with Gasteiger partial charge in [0.1, 0.15) is 5.75 Å². The van der Waals surface area contributed by atoms with E-state index in [0.29, 0.717) is 31.6 Å². The molecule has 1 aromatic rings. The fourth-order valence-electron chi connectivity index (χ4n) is 6.75. The van der Waals surface area contributed by atoms with E-state index in [-0.39, 0.29) is 12.5 Å². The number of piperazine rings is 1. The molecule has 0 aromatic heterocycles. The minimum atomic E-state index is -0.924. The van der Waals surface area contributed by atoms with Crippen LogP contribution in [0.25, 0.3) is 0 Å². The van der Waals surface area contributed by atoms with Crippen LogP contribution in [0.1, 0.15) is 44.1 Å². The van der Waals surface area contributed by atoms with E-state index >= 15 is 0 Å². The van der Waals surface area contributed by atoms with E-state index in [1.807, 2.05) is 12.1 Å². The number of carbonyl (C=O) groups is 2. The molecule has 5 aliphatic rings. The second-order valence-corrected chi connectivity index (χ2v) is 9.66. The Morgan fingerprint density at radius 1 is 0.897 bits per heavy atom. The van der Waals surface area contributed by atoms with Crippen molar-refractivity contribution in [1.29, 1.82) is 0 Å². The quantitative estimate of drug-likeness (QED) is 0.844. The Hall–Kier alpha value is -2.24. The minimum absolute atomic E-state index is 0.00375. The van der Waals surface area contributed by atoms with Crippen LogP contribution >= 0.6 is 0 Å². The Morgan fingerprint density at radius 2 is 1.41 bits per heavy atom. The second kappa shape index (κ2) is 7.22. The predicted octanol–water partition coefficient (Wildman–Crippen LogP) is 3.36. The van der Waals surface area contributed by atoms with Gasteiger partial charge in [0.25, 0.3) is 5.91 Å². The first-order valence-electron chi connectivity index (χ1n) is 11.0. The Bertz CT molecular complexity index is 747. The van der Waals surface area contributed by atoms with Crippen LogP contribution < -0.4 is 4.74 Å². The summed E-state index contributed by atoms with van der Waals surface area (Å²) in [6.07, 6.45) is 7.46. The summed E-state index contributed by atoms with van der Waals surface area (Å²) in [6.45, 7) is 1.59. The molecule has 0 atom stereocenters. The van der Waals surface area contributed by atoms with Crippen molar-refractivity contribution in [2.45, 2.75) is 43.9 Å². The van der Waals surface area contributed by atoms with Gasteiger partial charge in [-0.05, 0) is 79.4 Å². The van der Waals surface area contributed by atoms with Gasteiger partial charge in [-0.25, -0.2) is 4.79 Å². The number of carbonyl (C=O) groups excluding carboxylic acids is 1. The van der Waals surface area contributed by atoms with Crippen LogP contribution in [0, 0.1) is 17.8 Å². The summed E-state index contributed by atoms with van der Waals surface area (Å²) in [5.41, 5.74) is 1.84. The number of ether oxygens (including phenoxy) is 1. The summed E-state index contributed by atoms with van der Waals surface area (Å²) in [5.74, 6) is 3.43. The number of rotatable bonds is 4.